The molecule has 186 valence electrons. The number of morpholine rings is 1. The predicted octanol–water partition coefficient (Wildman–Crippen LogP) is 3.38. The number of hydrogen-bond acceptors (Lipinski definition) is 8. The third-order valence-corrected chi connectivity index (χ3v) is 5.59. The van der Waals surface area contributed by atoms with Gasteiger partial charge in [-0.15, -0.1) is 0 Å². The number of rotatable bonds is 9. The number of esters is 1. The largest absolute Gasteiger partial charge is 0.492 e. The Labute approximate surface area is 203 Å². The van der Waals surface area contributed by atoms with Gasteiger partial charge in [-0.25, -0.2) is 4.79 Å². The van der Waals surface area contributed by atoms with Crippen LogP contribution in [0.5, 0.6) is 11.5 Å². The molecule has 2 N–H and O–H groups in total. The molecule has 1 atom stereocenters. The van der Waals surface area contributed by atoms with Gasteiger partial charge in [0.1, 0.15) is 11.5 Å². The Morgan fingerprint density at radius 2 is 1.83 bits per heavy atom. The molecular weight excluding hydrogens is 452 g/mol. The lowest BCUT2D eigenvalue weighted by Crippen LogP contribution is -2.36. The maximum atomic E-state index is 13.0. The number of para-hydroxylation sites is 1. The van der Waals surface area contributed by atoms with Gasteiger partial charge in [0, 0.05) is 30.6 Å². The van der Waals surface area contributed by atoms with Gasteiger partial charge < -0.3 is 29.2 Å². The van der Waals surface area contributed by atoms with Crippen LogP contribution in [-0.4, -0.2) is 67.7 Å². The number of aromatic amines is 1. The average molecular weight is 483 g/mol. The van der Waals surface area contributed by atoms with E-state index in [1.165, 1.54) is 6.92 Å². The van der Waals surface area contributed by atoms with Crippen LogP contribution in [0.4, 0.5) is 11.4 Å². The van der Waals surface area contributed by atoms with Crippen molar-refractivity contribution >= 4 is 34.2 Å². The van der Waals surface area contributed by atoms with Crippen LogP contribution in [0.3, 0.4) is 0 Å². The fourth-order valence-electron chi connectivity index (χ4n) is 3.87. The van der Waals surface area contributed by atoms with Crippen molar-refractivity contribution in [1.82, 2.24) is 10.2 Å². The number of anilines is 2. The van der Waals surface area contributed by atoms with E-state index in [0.717, 1.165) is 18.8 Å². The molecule has 1 amide bonds. The fourth-order valence-corrected chi connectivity index (χ4v) is 3.87. The molecule has 0 saturated carbocycles. The van der Waals surface area contributed by atoms with Gasteiger partial charge in [-0.2, -0.15) is 5.10 Å². The normalized spacial score (nSPS) is 14.4. The second-order valence-electron chi connectivity index (χ2n) is 7.94. The molecule has 1 fully saturated rings. The Morgan fingerprint density at radius 3 is 2.57 bits per heavy atom. The molecule has 2 heterocycles. The van der Waals surface area contributed by atoms with Crippen LogP contribution >= 0.6 is 0 Å². The maximum Gasteiger partial charge on any atom is 0.360 e. The number of H-pyrrole nitrogens is 1. The third kappa shape index (κ3) is 5.48. The number of carbonyl (C=O) groups is 2. The van der Waals surface area contributed by atoms with Crippen LogP contribution in [0.1, 0.15) is 31.3 Å². The summed E-state index contributed by atoms with van der Waals surface area (Å²) in [7, 11) is 0. The zero-order chi connectivity index (χ0) is 24.8. The van der Waals surface area contributed by atoms with Crippen LogP contribution < -0.4 is 19.7 Å². The summed E-state index contributed by atoms with van der Waals surface area (Å²) in [4.78, 5) is 27.8. The lowest BCUT2D eigenvalue weighted by molar-refractivity contribution is -0.123. The van der Waals surface area contributed by atoms with E-state index in [4.69, 9.17) is 18.9 Å². The molecule has 10 nitrogen and oxygen atoms in total. The van der Waals surface area contributed by atoms with Crippen molar-refractivity contribution in [3.63, 3.8) is 0 Å². The first kappa shape index (κ1) is 24.3. The van der Waals surface area contributed by atoms with Gasteiger partial charge in [0.2, 0.25) is 0 Å². The van der Waals surface area contributed by atoms with Gasteiger partial charge in [0.15, 0.2) is 11.8 Å². The maximum absolute atomic E-state index is 13.0. The topological polar surface area (TPSA) is 115 Å². The smallest absolute Gasteiger partial charge is 0.360 e. The first-order valence-corrected chi connectivity index (χ1v) is 11.7. The highest BCUT2D eigenvalue weighted by Crippen LogP contribution is 2.39. The molecule has 0 spiro atoms. The molecule has 10 heteroatoms. The van der Waals surface area contributed by atoms with Crippen LogP contribution in [0.15, 0.2) is 36.4 Å². The molecule has 0 radical (unpaired) electrons. The summed E-state index contributed by atoms with van der Waals surface area (Å²) in [5.41, 5.74) is 2.15. The molecule has 1 aliphatic heterocycles. The molecule has 3 aromatic rings. The summed E-state index contributed by atoms with van der Waals surface area (Å²) in [6.07, 6.45) is -1.07. The number of nitrogens with zero attached hydrogens (tertiary/aromatic N) is 2. The van der Waals surface area contributed by atoms with E-state index in [-0.39, 0.29) is 5.69 Å². The van der Waals surface area contributed by atoms with E-state index in [0.29, 0.717) is 54.5 Å². The van der Waals surface area contributed by atoms with E-state index >= 15 is 0 Å². The van der Waals surface area contributed by atoms with Crippen molar-refractivity contribution < 1.29 is 28.5 Å². The van der Waals surface area contributed by atoms with E-state index in [1.807, 2.05) is 26.0 Å². The number of fused-ring (bicyclic) bond motifs is 1. The van der Waals surface area contributed by atoms with E-state index < -0.39 is 18.0 Å². The minimum atomic E-state index is -1.07. The van der Waals surface area contributed by atoms with Crippen LogP contribution in [0, 0.1) is 0 Å². The molecule has 4 rings (SSSR count). The van der Waals surface area contributed by atoms with Gasteiger partial charge >= 0.3 is 5.97 Å². The number of aromatic nitrogens is 2. The minimum Gasteiger partial charge on any atom is -0.492 e. The summed E-state index contributed by atoms with van der Waals surface area (Å²) < 4.78 is 22.6. The second-order valence-corrected chi connectivity index (χ2v) is 7.94. The lowest BCUT2D eigenvalue weighted by atomic mass is 10.2. The van der Waals surface area contributed by atoms with Crippen molar-refractivity contribution in [2.45, 2.75) is 26.9 Å². The summed E-state index contributed by atoms with van der Waals surface area (Å²) in [5.74, 6) is -0.0584. The van der Waals surface area contributed by atoms with E-state index in [9.17, 15) is 9.59 Å². The van der Waals surface area contributed by atoms with E-state index in [1.54, 1.807) is 24.3 Å². The van der Waals surface area contributed by atoms with Gasteiger partial charge in [-0.1, -0.05) is 18.2 Å². The first-order chi connectivity index (χ1) is 17.0. The number of amides is 1. The molecule has 1 aromatic heterocycles. The first-order valence-electron chi connectivity index (χ1n) is 11.7. The Bertz CT molecular complexity index is 1190. The SMILES string of the molecule is CCOc1cc(N2CCOCC2)c(OCC)cc1NC(=O)[C@H](C)OC(=O)c1n[nH]c2ccccc12. The van der Waals surface area contributed by atoms with Gasteiger partial charge in [0.05, 0.1) is 43.3 Å². The van der Waals surface area contributed by atoms with Crippen LogP contribution in [-0.2, 0) is 14.3 Å². The number of carbonyl (C=O) groups excluding carboxylic acids is 2. The molecular formula is C25H30N4O6. The number of nitrogens with one attached hydrogen (secondary N) is 2. The Morgan fingerprint density at radius 1 is 1.11 bits per heavy atom. The molecule has 0 aliphatic carbocycles. The van der Waals surface area contributed by atoms with Crippen molar-refractivity contribution in [3.8, 4) is 11.5 Å². The number of hydrogen-bond donors (Lipinski definition) is 2. The summed E-state index contributed by atoms with van der Waals surface area (Å²) in [5, 5.41) is 10.3. The van der Waals surface area contributed by atoms with E-state index in [2.05, 4.69) is 20.4 Å². The second kappa shape index (κ2) is 11.1. The van der Waals surface area contributed by atoms with Crippen molar-refractivity contribution in [3.05, 3.63) is 42.1 Å². The summed E-state index contributed by atoms with van der Waals surface area (Å²) in [6.45, 7) is 8.87. The monoisotopic (exact) mass is 482 g/mol. The highest BCUT2D eigenvalue weighted by atomic mass is 16.5. The minimum absolute atomic E-state index is 0.128. The van der Waals surface area contributed by atoms with Gasteiger partial charge in [0.25, 0.3) is 5.91 Å². The average Bonchev–Trinajstić information content (AvgIpc) is 3.30. The molecule has 1 aliphatic rings. The van der Waals surface area contributed by atoms with Crippen LogP contribution in [0.2, 0.25) is 0 Å². The quantitative estimate of drug-likeness (QED) is 0.446. The fraction of sp³-hybridized carbons (Fsp3) is 0.400. The Hall–Kier alpha value is -3.79. The van der Waals surface area contributed by atoms with Crippen molar-refractivity contribution in [2.75, 3.05) is 49.7 Å². The standard InChI is InChI=1S/C25H30N4O6/c1-4-33-21-15-20(29-10-12-32-13-11-29)22(34-5-2)14-19(21)26-24(30)16(3)35-25(31)23-17-8-6-7-9-18(17)27-28-23/h6-9,14-16H,4-5,10-13H2,1-3H3,(H,26,30)(H,27,28)/t16-/m0/s1. The Balaban J connectivity index is 1.52. The van der Waals surface area contributed by atoms with Gasteiger partial charge in [-0.3, -0.25) is 9.89 Å². The summed E-state index contributed by atoms with van der Waals surface area (Å²) in [6, 6.07) is 10.8. The third-order valence-electron chi connectivity index (χ3n) is 5.59. The van der Waals surface area contributed by atoms with Crippen molar-refractivity contribution in [1.29, 1.82) is 0 Å². The highest BCUT2D eigenvalue weighted by Gasteiger charge is 2.25. The number of ether oxygens (including phenoxy) is 4. The Kier molecular flexibility index (Phi) is 7.71. The molecule has 2 aromatic carbocycles. The lowest BCUT2D eigenvalue weighted by Gasteiger charge is -2.31. The highest BCUT2D eigenvalue weighted by molar-refractivity contribution is 6.03. The molecule has 1 saturated heterocycles. The number of benzene rings is 2. The molecule has 0 unspecified atom stereocenters. The van der Waals surface area contributed by atoms with Gasteiger partial charge in [-0.05, 0) is 26.8 Å². The zero-order valence-corrected chi connectivity index (χ0v) is 20.1. The van der Waals surface area contributed by atoms with Crippen molar-refractivity contribution in [2.24, 2.45) is 0 Å². The zero-order valence-electron chi connectivity index (χ0n) is 20.1. The van der Waals surface area contributed by atoms with Crippen LogP contribution in [0.25, 0.3) is 10.9 Å². The molecule has 0 bridgehead atoms. The molecule has 35 heavy (non-hydrogen) atoms. The predicted molar refractivity (Wildman–Crippen MR) is 131 cm³/mol. The summed E-state index contributed by atoms with van der Waals surface area (Å²) >= 11 is 0.